The fraction of sp³-hybridized carbons (Fsp3) is 0.400. The van der Waals surface area contributed by atoms with E-state index >= 15 is 0 Å². The molecule has 0 saturated carbocycles. The van der Waals surface area contributed by atoms with E-state index in [1.54, 1.807) is 0 Å². The molecule has 1 saturated heterocycles. The molecular formula is C10H11ClN4O3. The Kier molecular flexibility index (Phi) is 3.33. The first kappa shape index (κ1) is 12.6. The highest BCUT2D eigenvalue weighted by atomic mass is 35.5. The number of ether oxygens (including phenoxy) is 1. The maximum Gasteiger partial charge on any atom is 0.229 e. The summed E-state index contributed by atoms with van der Waals surface area (Å²) in [5.41, 5.74) is 5.19. The molecule has 0 radical (unpaired) electrons. The van der Waals surface area contributed by atoms with Crippen LogP contribution in [-0.4, -0.2) is 35.4 Å². The van der Waals surface area contributed by atoms with Crippen molar-refractivity contribution in [2.45, 2.75) is 6.42 Å². The van der Waals surface area contributed by atoms with Crippen molar-refractivity contribution in [3.05, 3.63) is 11.5 Å². The van der Waals surface area contributed by atoms with E-state index in [1.807, 2.05) is 0 Å². The summed E-state index contributed by atoms with van der Waals surface area (Å²) in [4.78, 5) is 32.0. The molecule has 18 heavy (non-hydrogen) atoms. The molecule has 2 rings (SSSR count). The molecule has 0 spiro atoms. The lowest BCUT2D eigenvalue weighted by Crippen LogP contribution is -2.29. The highest BCUT2D eigenvalue weighted by molar-refractivity contribution is 6.31. The second-order valence-electron chi connectivity index (χ2n) is 3.83. The minimum Gasteiger partial charge on any atom is -0.490 e. The average molecular weight is 271 g/mol. The van der Waals surface area contributed by atoms with Gasteiger partial charge >= 0.3 is 0 Å². The molecule has 1 atom stereocenters. The lowest BCUT2D eigenvalue weighted by Gasteiger charge is -2.17. The average Bonchev–Trinajstić information content (AvgIpc) is 2.71. The van der Waals surface area contributed by atoms with Gasteiger partial charge in [-0.05, 0) is 0 Å². The first-order valence-corrected chi connectivity index (χ1v) is 5.56. The van der Waals surface area contributed by atoms with Crippen molar-refractivity contribution >= 4 is 29.2 Å². The summed E-state index contributed by atoms with van der Waals surface area (Å²) in [6.45, 7) is 0.178. The molecular weight excluding hydrogens is 260 g/mol. The van der Waals surface area contributed by atoms with Crippen LogP contribution in [0.1, 0.15) is 6.42 Å². The monoisotopic (exact) mass is 270 g/mol. The van der Waals surface area contributed by atoms with Crippen LogP contribution in [0.4, 0.5) is 5.82 Å². The predicted molar refractivity (Wildman–Crippen MR) is 63.2 cm³/mol. The third-order valence-corrected chi connectivity index (χ3v) is 3.00. The number of nitrogens with two attached hydrogens (primary N) is 1. The number of hydrogen-bond acceptors (Lipinski definition) is 5. The van der Waals surface area contributed by atoms with Gasteiger partial charge in [-0.2, -0.15) is 0 Å². The number of primary amides is 1. The lowest BCUT2D eigenvalue weighted by molar-refractivity contribution is -0.123. The van der Waals surface area contributed by atoms with Crippen LogP contribution in [0, 0.1) is 5.92 Å². The summed E-state index contributed by atoms with van der Waals surface area (Å²) in [6.07, 6.45) is 1.30. The molecule has 8 heteroatoms. The van der Waals surface area contributed by atoms with Crippen LogP contribution in [0.25, 0.3) is 0 Å². The minimum absolute atomic E-state index is 0.0696. The second kappa shape index (κ2) is 4.77. The van der Waals surface area contributed by atoms with Crippen LogP contribution in [0.15, 0.2) is 6.33 Å². The summed E-state index contributed by atoms with van der Waals surface area (Å²) in [7, 11) is 1.40. The third kappa shape index (κ3) is 2.08. The molecule has 1 aliphatic rings. The van der Waals surface area contributed by atoms with Crippen molar-refractivity contribution in [3.63, 3.8) is 0 Å². The Morgan fingerprint density at radius 3 is 2.89 bits per heavy atom. The number of aromatic nitrogens is 2. The number of rotatable bonds is 3. The molecule has 0 bridgehead atoms. The SMILES string of the molecule is COc1c(Cl)ncnc1N1CC(C(N)=O)CC1=O. The number of carbonyl (C=O) groups excluding carboxylic acids is 2. The summed E-state index contributed by atoms with van der Waals surface area (Å²) < 4.78 is 5.07. The normalized spacial score (nSPS) is 19.1. The van der Waals surface area contributed by atoms with Gasteiger partial charge in [0.05, 0.1) is 13.0 Å². The van der Waals surface area contributed by atoms with E-state index < -0.39 is 11.8 Å². The van der Waals surface area contributed by atoms with Crippen LogP contribution < -0.4 is 15.4 Å². The summed E-state index contributed by atoms with van der Waals surface area (Å²) in [6, 6.07) is 0. The number of carbonyl (C=O) groups is 2. The van der Waals surface area contributed by atoms with E-state index in [0.29, 0.717) is 0 Å². The Balaban J connectivity index is 2.35. The van der Waals surface area contributed by atoms with Crippen LogP contribution in [-0.2, 0) is 9.59 Å². The Morgan fingerprint density at radius 1 is 1.61 bits per heavy atom. The van der Waals surface area contributed by atoms with Crippen molar-refractivity contribution in [1.29, 1.82) is 0 Å². The van der Waals surface area contributed by atoms with Gasteiger partial charge < -0.3 is 10.5 Å². The zero-order valence-corrected chi connectivity index (χ0v) is 10.3. The van der Waals surface area contributed by atoms with E-state index in [1.165, 1.54) is 18.3 Å². The zero-order chi connectivity index (χ0) is 13.3. The Hall–Kier alpha value is -1.89. The van der Waals surface area contributed by atoms with E-state index in [0.717, 1.165) is 0 Å². The van der Waals surface area contributed by atoms with Gasteiger partial charge in [0.2, 0.25) is 11.8 Å². The van der Waals surface area contributed by atoms with Crippen molar-refractivity contribution in [3.8, 4) is 5.75 Å². The van der Waals surface area contributed by atoms with Crippen LogP contribution in [0.3, 0.4) is 0 Å². The number of methoxy groups -OCH3 is 1. The molecule has 0 aliphatic carbocycles. The van der Waals surface area contributed by atoms with Crippen molar-refractivity contribution in [2.75, 3.05) is 18.6 Å². The van der Waals surface area contributed by atoms with Crippen LogP contribution >= 0.6 is 11.6 Å². The molecule has 7 nitrogen and oxygen atoms in total. The van der Waals surface area contributed by atoms with Crippen molar-refractivity contribution < 1.29 is 14.3 Å². The standard InChI is InChI=1S/C10H11ClN4O3/c1-18-7-8(11)13-4-14-10(7)15-3-5(9(12)17)2-6(15)16/h4-5H,2-3H2,1H3,(H2,12,17). The number of halogens is 1. The van der Waals surface area contributed by atoms with Gasteiger partial charge in [-0.15, -0.1) is 0 Å². The van der Waals surface area contributed by atoms with Gasteiger partial charge in [-0.3, -0.25) is 14.5 Å². The maximum absolute atomic E-state index is 11.8. The zero-order valence-electron chi connectivity index (χ0n) is 9.59. The molecule has 1 aromatic rings. The molecule has 0 aromatic carbocycles. The van der Waals surface area contributed by atoms with Gasteiger partial charge in [0.1, 0.15) is 6.33 Å². The molecule has 1 aromatic heterocycles. The minimum atomic E-state index is -0.518. The molecule has 2 amide bonds. The van der Waals surface area contributed by atoms with Gasteiger partial charge in [-0.1, -0.05) is 11.6 Å². The lowest BCUT2D eigenvalue weighted by atomic mass is 10.1. The van der Waals surface area contributed by atoms with Gasteiger partial charge in [0, 0.05) is 13.0 Å². The first-order chi connectivity index (χ1) is 8.54. The highest BCUT2D eigenvalue weighted by Crippen LogP contribution is 2.34. The molecule has 1 aliphatic heterocycles. The van der Waals surface area contributed by atoms with E-state index in [2.05, 4.69) is 9.97 Å². The van der Waals surface area contributed by atoms with Gasteiger partial charge in [0.25, 0.3) is 0 Å². The largest absolute Gasteiger partial charge is 0.490 e. The van der Waals surface area contributed by atoms with Crippen LogP contribution in [0.5, 0.6) is 5.75 Å². The topological polar surface area (TPSA) is 98.4 Å². The maximum atomic E-state index is 11.8. The van der Waals surface area contributed by atoms with Crippen LogP contribution in [0.2, 0.25) is 5.15 Å². The second-order valence-corrected chi connectivity index (χ2v) is 4.19. The number of amides is 2. The summed E-state index contributed by atoms with van der Waals surface area (Å²) in [5.74, 6) is -0.809. The number of hydrogen-bond donors (Lipinski definition) is 1. The van der Waals surface area contributed by atoms with E-state index in [9.17, 15) is 9.59 Å². The first-order valence-electron chi connectivity index (χ1n) is 5.18. The summed E-state index contributed by atoms with van der Waals surface area (Å²) >= 11 is 5.85. The number of anilines is 1. The third-order valence-electron chi connectivity index (χ3n) is 2.73. The quantitative estimate of drug-likeness (QED) is 0.778. The Labute approximate surface area is 108 Å². The molecule has 1 fully saturated rings. The highest BCUT2D eigenvalue weighted by Gasteiger charge is 2.36. The predicted octanol–water partition coefficient (Wildman–Crippen LogP) is -0.0232. The summed E-state index contributed by atoms with van der Waals surface area (Å²) in [5, 5.41) is 0.109. The molecule has 1 unspecified atom stereocenters. The number of nitrogens with zero attached hydrogens (tertiary/aromatic N) is 3. The van der Waals surface area contributed by atoms with E-state index in [-0.39, 0.29) is 35.6 Å². The molecule has 2 N–H and O–H groups in total. The Bertz CT molecular complexity index is 508. The van der Waals surface area contributed by atoms with Gasteiger partial charge in [0.15, 0.2) is 16.7 Å². The molecule has 96 valence electrons. The Morgan fingerprint density at radius 2 is 2.33 bits per heavy atom. The smallest absolute Gasteiger partial charge is 0.229 e. The van der Waals surface area contributed by atoms with Gasteiger partial charge in [-0.25, -0.2) is 9.97 Å². The fourth-order valence-electron chi connectivity index (χ4n) is 1.81. The fourth-order valence-corrected chi connectivity index (χ4v) is 2.02. The van der Waals surface area contributed by atoms with Crippen molar-refractivity contribution in [1.82, 2.24) is 9.97 Å². The molecule has 2 heterocycles. The van der Waals surface area contributed by atoms with E-state index in [4.69, 9.17) is 22.1 Å². The van der Waals surface area contributed by atoms with Crippen molar-refractivity contribution in [2.24, 2.45) is 11.7 Å².